The molecular formula is C33H42O6SSi. The summed E-state index contributed by atoms with van der Waals surface area (Å²) in [4.78, 5) is -1.27. The first-order valence-electron chi connectivity index (χ1n) is 14.4. The molecule has 5 atom stereocenters. The summed E-state index contributed by atoms with van der Waals surface area (Å²) in [6, 6.07) is 28.5. The average molecular weight is 595 g/mol. The van der Waals surface area contributed by atoms with Gasteiger partial charge in [-0.15, -0.1) is 0 Å². The second-order valence-corrected chi connectivity index (χ2v) is 19.6. The molecule has 0 unspecified atom stereocenters. The van der Waals surface area contributed by atoms with E-state index in [0.29, 0.717) is 19.6 Å². The van der Waals surface area contributed by atoms with Gasteiger partial charge in [0.15, 0.2) is 8.32 Å². The summed E-state index contributed by atoms with van der Waals surface area (Å²) >= 11 is 0. The molecule has 0 radical (unpaired) electrons. The van der Waals surface area contributed by atoms with Gasteiger partial charge in [0, 0.05) is 5.92 Å². The second-order valence-electron chi connectivity index (χ2n) is 12.7. The van der Waals surface area contributed by atoms with Crippen molar-refractivity contribution in [1.29, 1.82) is 0 Å². The third-order valence-electron chi connectivity index (χ3n) is 8.82. The molecule has 0 bridgehead atoms. The largest absolute Gasteiger partial charge is 0.411 e. The standard InChI is InChI=1S/C33H42O6SSi/c1-32(2,3)41(4,5)39-30-27(24-36-22-25-15-9-6-10-16-25)21-29-33(38-29,40(34,35)28-19-13-8-14-20-28)31(30)37-23-26-17-11-7-12-18-26/h6-20,27,29-31H,21-24H2,1-5H3/t27-,29+,30-,31+,33-/m1/s1. The van der Waals surface area contributed by atoms with Crippen LogP contribution in [0.5, 0.6) is 0 Å². The third-order valence-corrected chi connectivity index (χ3v) is 15.6. The van der Waals surface area contributed by atoms with E-state index in [0.717, 1.165) is 11.1 Å². The van der Waals surface area contributed by atoms with Crippen molar-refractivity contribution < 1.29 is 27.1 Å². The molecule has 6 nitrogen and oxygen atoms in total. The highest BCUT2D eigenvalue weighted by molar-refractivity contribution is 7.93. The van der Waals surface area contributed by atoms with Crippen LogP contribution in [0.25, 0.3) is 0 Å². The summed E-state index contributed by atoms with van der Waals surface area (Å²) in [5.74, 6) is -0.0970. The van der Waals surface area contributed by atoms with Crippen LogP contribution < -0.4 is 0 Å². The summed E-state index contributed by atoms with van der Waals surface area (Å²) in [5, 5.41) is -0.0842. The molecule has 1 aliphatic carbocycles. The minimum atomic E-state index is -3.90. The average Bonchev–Trinajstić information content (AvgIpc) is 3.69. The molecule has 2 aliphatic rings. The molecule has 1 saturated carbocycles. The van der Waals surface area contributed by atoms with Crippen LogP contribution in [0.4, 0.5) is 0 Å². The first kappa shape index (κ1) is 30.1. The van der Waals surface area contributed by atoms with Gasteiger partial charge in [-0.05, 0) is 47.8 Å². The van der Waals surface area contributed by atoms with Crippen molar-refractivity contribution in [3.8, 4) is 0 Å². The number of hydrogen-bond acceptors (Lipinski definition) is 6. The number of rotatable bonds is 11. The zero-order chi connectivity index (χ0) is 29.3. The monoisotopic (exact) mass is 594 g/mol. The molecule has 220 valence electrons. The van der Waals surface area contributed by atoms with Crippen molar-refractivity contribution in [2.45, 2.75) is 86.7 Å². The van der Waals surface area contributed by atoms with E-state index < -0.39 is 41.4 Å². The fourth-order valence-electron chi connectivity index (χ4n) is 5.42. The second kappa shape index (κ2) is 11.7. The SMILES string of the molecule is CC(C)(C)[Si](C)(C)O[C@@H]1[C@@H](COCc2ccccc2)C[C@@H]2O[C@]2(S(=O)(=O)c2ccccc2)[C@H]1OCc1ccccc1. The predicted molar refractivity (Wildman–Crippen MR) is 163 cm³/mol. The van der Waals surface area contributed by atoms with Crippen LogP contribution in [0.1, 0.15) is 38.3 Å². The van der Waals surface area contributed by atoms with Gasteiger partial charge in [-0.25, -0.2) is 8.42 Å². The minimum Gasteiger partial charge on any atom is -0.411 e. The van der Waals surface area contributed by atoms with E-state index in [1.165, 1.54) is 0 Å². The molecular weight excluding hydrogens is 553 g/mol. The van der Waals surface area contributed by atoms with E-state index >= 15 is 0 Å². The fraction of sp³-hybridized carbons (Fsp3) is 0.455. The maximum absolute atomic E-state index is 14.3. The molecule has 1 aliphatic heterocycles. The summed E-state index contributed by atoms with van der Waals surface area (Å²) in [6.45, 7) is 12.1. The van der Waals surface area contributed by atoms with Crippen molar-refractivity contribution in [3.63, 3.8) is 0 Å². The summed E-state index contributed by atoms with van der Waals surface area (Å²) in [5.41, 5.74) is 2.05. The number of fused-ring (bicyclic) bond motifs is 1. The Bertz CT molecular complexity index is 1390. The van der Waals surface area contributed by atoms with Gasteiger partial charge in [-0.1, -0.05) is 99.6 Å². The highest BCUT2D eigenvalue weighted by Gasteiger charge is 2.76. The van der Waals surface area contributed by atoms with Gasteiger partial charge in [0.05, 0.1) is 30.8 Å². The zero-order valence-corrected chi connectivity index (χ0v) is 26.5. The van der Waals surface area contributed by atoms with Gasteiger partial charge in [-0.3, -0.25) is 0 Å². The molecule has 8 heteroatoms. The maximum Gasteiger partial charge on any atom is 0.228 e. The molecule has 1 heterocycles. The minimum absolute atomic E-state index is 0.0842. The van der Waals surface area contributed by atoms with Crippen molar-refractivity contribution in [2.24, 2.45) is 5.92 Å². The Kier molecular flexibility index (Phi) is 8.63. The third kappa shape index (κ3) is 6.09. The Morgan fingerprint density at radius 1 is 0.854 bits per heavy atom. The Morgan fingerprint density at radius 3 is 1.95 bits per heavy atom. The topological polar surface area (TPSA) is 74.4 Å². The zero-order valence-electron chi connectivity index (χ0n) is 24.7. The fourth-order valence-corrected chi connectivity index (χ4v) is 8.85. The quantitative estimate of drug-likeness (QED) is 0.180. The molecule has 0 aromatic heterocycles. The van der Waals surface area contributed by atoms with E-state index in [1.807, 2.05) is 66.7 Å². The van der Waals surface area contributed by atoms with Gasteiger partial charge in [0.1, 0.15) is 12.2 Å². The van der Waals surface area contributed by atoms with Crippen LogP contribution in [0.3, 0.4) is 0 Å². The van der Waals surface area contributed by atoms with Crippen LogP contribution in [0.15, 0.2) is 95.9 Å². The summed E-state index contributed by atoms with van der Waals surface area (Å²) < 4.78 is 54.9. The summed E-state index contributed by atoms with van der Waals surface area (Å²) in [6.07, 6.45) is -1.33. The highest BCUT2D eigenvalue weighted by Crippen LogP contribution is 2.58. The Balaban J connectivity index is 1.51. The Hall–Kier alpha value is -2.33. The molecule has 3 aromatic rings. The van der Waals surface area contributed by atoms with E-state index in [-0.39, 0.29) is 22.5 Å². The lowest BCUT2D eigenvalue weighted by Crippen LogP contribution is -2.60. The van der Waals surface area contributed by atoms with Gasteiger partial charge in [0.2, 0.25) is 14.8 Å². The molecule has 2 fully saturated rings. The van der Waals surface area contributed by atoms with Crippen molar-refractivity contribution in [3.05, 3.63) is 102 Å². The van der Waals surface area contributed by atoms with E-state index in [2.05, 4.69) is 33.9 Å². The van der Waals surface area contributed by atoms with Crippen LogP contribution in [-0.4, -0.2) is 46.6 Å². The molecule has 41 heavy (non-hydrogen) atoms. The maximum atomic E-state index is 14.3. The molecule has 0 spiro atoms. The predicted octanol–water partition coefficient (Wildman–Crippen LogP) is 6.77. The van der Waals surface area contributed by atoms with Crippen molar-refractivity contribution in [2.75, 3.05) is 6.61 Å². The normalized spacial score (nSPS) is 26.4. The van der Waals surface area contributed by atoms with Gasteiger partial charge >= 0.3 is 0 Å². The molecule has 0 N–H and O–H groups in total. The lowest BCUT2D eigenvalue weighted by atomic mass is 9.84. The number of sulfone groups is 1. The lowest BCUT2D eigenvalue weighted by Gasteiger charge is -2.46. The van der Waals surface area contributed by atoms with Crippen LogP contribution >= 0.6 is 0 Å². The number of hydrogen-bond donors (Lipinski definition) is 0. The lowest BCUT2D eigenvalue weighted by molar-refractivity contribution is -0.102. The van der Waals surface area contributed by atoms with E-state index in [9.17, 15) is 8.42 Å². The van der Waals surface area contributed by atoms with Gasteiger partial charge in [0.25, 0.3) is 0 Å². The van der Waals surface area contributed by atoms with Crippen molar-refractivity contribution in [1.82, 2.24) is 0 Å². The van der Waals surface area contributed by atoms with Crippen molar-refractivity contribution >= 4 is 18.2 Å². The highest BCUT2D eigenvalue weighted by atomic mass is 32.2. The molecule has 5 rings (SSSR count). The number of ether oxygens (including phenoxy) is 3. The molecule has 0 amide bonds. The Labute approximate surface area is 246 Å². The number of epoxide rings is 1. The molecule has 1 saturated heterocycles. The Morgan fingerprint density at radius 2 is 1.39 bits per heavy atom. The van der Waals surface area contributed by atoms with Crippen LogP contribution in [0.2, 0.25) is 18.1 Å². The first-order chi connectivity index (χ1) is 19.5. The first-order valence-corrected chi connectivity index (χ1v) is 18.8. The van der Waals surface area contributed by atoms with E-state index in [1.54, 1.807) is 24.3 Å². The molecule has 3 aromatic carbocycles. The number of benzene rings is 3. The van der Waals surface area contributed by atoms with Crippen LogP contribution in [0, 0.1) is 5.92 Å². The smallest absolute Gasteiger partial charge is 0.228 e. The van der Waals surface area contributed by atoms with E-state index in [4.69, 9.17) is 18.6 Å². The van der Waals surface area contributed by atoms with Crippen LogP contribution in [-0.2, 0) is 41.7 Å². The van der Waals surface area contributed by atoms with Gasteiger partial charge in [-0.2, -0.15) is 0 Å². The van der Waals surface area contributed by atoms with Gasteiger partial charge < -0.3 is 18.6 Å². The summed E-state index contributed by atoms with van der Waals surface area (Å²) in [7, 11) is -6.26.